The number of carbonyl (C=O) groups is 1. The molecule has 1 aromatic carbocycles. The predicted molar refractivity (Wildman–Crippen MR) is 71.0 cm³/mol. The highest BCUT2D eigenvalue weighted by Gasteiger charge is 2.09. The second kappa shape index (κ2) is 7.32. The highest BCUT2D eigenvalue weighted by molar-refractivity contribution is 5.89. The zero-order valence-electron chi connectivity index (χ0n) is 10.6. The summed E-state index contributed by atoms with van der Waals surface area (Å²) in [6.07, 6.45) is 0.854. The molecule has 0 fully saturated rings. The number of aliphatic hydroxyl groups excluding tert-OH is 1. The van der Waals surface area contributed by atoms with E-state index in [1.54, 1.807) is 6.07 Å². The van der Waals surface area contributed by atoms with Gasteiger partial charge in [-0.05, 0) is 12.5 Å². The first kappa shape index (κ1) is 14.9. The summed E-state index contributed by atoms with van der Waals surface area (Å²) in [5.74, 6) is 0. The molecule has 0 saturated carbocycles. The van der Waals surface area contributed by atoms with Crippen LogP contribution in [0.3, 0.4) is 0 Å². The first-order valence-electron chi connectivity index (χ1n) is 6.00. The number of hydrogen-bond donors (Lipinski definition) is 3. The standard InChI is InChI=1S/C12H17N3O4/c1-2-4-11(16)8-13-12(17)14-9-5-3-6-10(7-9)15(18)19/h3,5-7,11,16H,2,4,8H2,1H3,(H2,13,14,17). The Bertz CT molecular complexity index is 450. The average Bonchev–Trinajstić information content (AvgIpc) is 2.37. The van der Waals surface area contributed by atoms with Gasteiger partial charge in [0.1, 0.15) is 0 Å². The fourth-order valence-electron chi connectivity index (χ4n) is 1.52. The van der Waals surface area contributed by atoms with E-state index in [1.807, 2.05) is 6.92 Å². The molecule has 7 nitrogen and oxygen atoms in total. The van der Waals surface area contributed by atoms with E-state index in [-0.39, 0.29) is 12.2 Å². The van der Waals surface area contributed by atoms with E-state index >= 15 is 0 Å². The zero-order valence-corrected chi connectivity index (χ0v) is 10.6. The number of hydrogen-bond acceptors (Lipinski definition) is 4. The number of non-ortho nitro benzene ring substituents is 1. The fourth-order valence-corrected chi connectivity index (χ4v) is 1.52. The number of carbonyl (C=O) groups excluding carboxylic acids is 1. The minimum absolute atomic E-state index is 0.0937. The predicted octanol–water partition coefficient (Wildman–Crippen LogP) is 1.88. The number of nitrogens with one attached hydrogen (secondary N) is 2. The van der Waals surface area contributed by atoms with Crippen LogP contribution in [0.15, 0.2) is 24.3 Å². The van der Waals surface area contributed by atoms with Crippen molar-refractivity contribution in [1.82, 2.24) is 5.32 Å². The van der Waals surface area contributed by atoms with Crippen LogP contribution in [0.4, 0.5) is 16.2 Å². The molecule has 1 rings (SSSR count). The van der Waals surface area contributed by atoms with E-state index in [9.17, 15) is 20.0 Å². The van der Waals surface area contributed by atoms with Crippen LogP contribution in [0.1, 0.15) is 19.8 Å². The van der Waals surface area contributed by atoms with Crippen LogP contribution in [0.25, 0.3) is 0 Å². The molecule has 0 saturated heterocycles. The quantitative estimate of drug-likeness (QED) is 0.540. The van der Waals surface area contributed by atoms with E-state index in [2.05, 4.69) is 10.6 Å². The van der Waals surface area contributed by atoms with Gasteiger partial charge in [-0.25, -0.2) is 4.79 Å². The topological polar surface area (TPSA) is 104 Å². The summed E-state index contributed by atoms with van der Waals surface area (Å²) >= 11 is 0. The molecule has 0 bridgehead atoms. The van der Waals surface area contributed by atoms with Crippen LogP contribution in [0.5, 0.6) is 0 Å². The molecule has 0 aliphatic carbocycles. The molecule has 2 amide bonds. The summed E-state index contributed by atoms with van der Waals surface area (Å²) in [4.78, 5) is 21.5. The lowest BCUT2D eigenvalue weighted by atomic mass is 10.2. The summed E-state index contributed by atoms with van der Waals surface area (Å²) in [6, 6.07) is 5.14. The third kappa shape index (κ3) is 5.35. The Kier molecular flexibility index (Phi) is 5.74. The first-order valence-corrected chi connectivity index (χ1v) is 6.00. The molecule has 3 N–H and O–H groups in total. The number of anilines is 1. The molecule has 0 radical (unpaired) electrons. The molecule has 0 aliphatic heterocycles. The molecule has 7 heteroatoms. The lowest BCUT2D eigenvalue weighted by Crippen LogP contribution is -2.35. The molecule has 1 unspecified atom stereocenters. The van der Waals surface area contributed by atoms with Gasteiger partial charge in [-0.15, -0.1) is 0 Å². The summed E-state index contributed by atoms with van der Waals surface area (Å²) in [6.45, 7) is 2.08. The molecule has 0 spiro atoms. The summed E-state index contributed by atoms with van der Waals surface area (Å²) in [5, 5.41) is 25.0. The van der Waals surface area contributed by atoms with E-state index in [1.165, 1.54) is 18.2 Å². The number of rotatable bonds is 6. The normalized spacial score (nSPS) is 11.7. The number of nitro groups is 1. The molecule has 0 aromatic heterocycles. The second-order valence-corrected chi connectivity index (χ2v) is 4.08. The maximum Gasteiger partial charge on any atom is 0.319 e. The lowest BCUT2D eigenvalue weighted by molar-refractivity contribution is -0.384. The van der Waals surface area contributed by atoms with Gasteiger partial charge < -0.3 is 15.7 Å². The SMILES string of the molecule is CCCC(O)CNC(=O)Nc1cccc([N+](=O)[O-])c1. The van der Waals surface area contributed by atoms with E-state index < -0.39 is 17.1 Å². The second-order valence-electron chi connectivity index (χ2n) is 4.08. The van der Waals surface area contributed by atoms with E-state index in [0.29, 0.717) is 12.1 Å². The van der Waals surface area contributed by atoms with E-state index in [4.69, 9.17) is 0 Å². The third-order valence-electron chi connectivity index (χ3n) is 2.43. The highest BCUT2D eigenvalue weighted by Crippen LogP contribution is 2.16. The Balaban J connectivity index is 2.48. The number of aliphatic hydroxyl groups is 1. The Morgan fingerprint density at radius 3 is 2.89 bits per heavy atom. The summed E-state index contributed by atoms with van der Waals surface area (Å²) in [5.41, 5.74) is 0.237. The lowest BCUT2D eigenvalue weighted by Gasteiger charge is -2.11. The molecule has 1 aromatic rings. The number of nitrogens with zero attached hydrogens (tertiary/aromatic N) is 1. The van der Waals surface area contributed by atoms with Crippen molar-refractivity contribution in [2.24, 2.45) is 0 Å². The first-order chi connectivity index (χ1) is 9.02. The molecule has 0 aliphatic rings. The number of urea groups is 1. The van der Waals surface area contributed by atoms with Crippen molar-refractivity contribution in [1.29, 1.82) is 0 Å². The maximum atomic E-state index is 11.5. The number of amides is 2. The summed E-state index contributed by atoms with van der Waals surface area (Å²) < 4.78 is 0. The van der Waals surface area contributed by atoms with Gasteiger partial charge in [0.2, 0.25) is 0 Å². The molecule has 1 atom stereocenters. The van der Waals surface area contributed by atoms with Gasteiger partial charge in [-0.3, -0.25) is 10.1 Å². The molecular weight excluding hydrogens is 250 g/mol. The minimum Gasteiger partial charge on any atom is -0.391 e. The Hall–Kier alpha value is -2.15. The van der Waals surface area contributed by atoms with Gasteiger partial charge >= 0.3 is 6.03 Å². The van der Waals surface area contributed by atoms with Crippen molar-refractivity contribution in [3.63, 3.8) is 0 Å². The van der Waals surface area contributed by atoms with Crippen LogP contribution >= 0.6 is 0 Å². The molecule has 0 heterocycles. The van der Waals surface area contributed by atoms with Crippen LogP contribution in [0.2, 0.25) is 0 Å². The zero-order chi connectivity index (χ0) is 14.3. The Labute approximate surface area is 110 Å². The number of nitro benzene ring substituents is 1. The van der Waals surface area contributed by atoms with Crippen LogP contribution in [-0.4, -0.2) is 28.7 Å². The number of benzene rings is 1. The average molecular weight is 267 g/mol. The van der Waals surface area contributed by atoms with Crippen molar-refractivity contribution >= 4 is 17.4 Å². The smallest absolute Gasteiger partial charge is 0.319 e. The van der Waals surface area contributed by atoms with Gasteiger partial charge in [0, 0.05) is 24.4 Å². The van der Waals surface area contributed by atoms with Crippen LogP contribution in [0, 0.1) is 10.1 Å². The van der Waals surface area contributed by atoms with Gasteiger partial charge in [0.25, 0.3) is 5.69 Å². The monoisotopic (exact) mass is 267 g/mol. The Morgan fingerprint density at radius 1 is 1.53 bits per heavy atom. The van der Waals surface area contributed by atoms with Gasteiger partial charge in [-0.2, -0.15) is 0 Å². The largest absolute Gasteiger partial charge is 0.391 e. The van der Waals surface area contributed by atoms with Crippen molar-refractivity contribution in [3.8, 4) is 0 Å². The van der Waals surface area contributed by atoms with Crippen molar-refractivity contribution in [3.05, 3.63) is 34.4 Å². The molecule has 19 heavy (non-hydrogen) atoms. The van der Waals surface area contributed by atoms with Crippen LogP contribution in [-0.2, 0) is 0 Å². The summed E-state index contributed by atoms with van der Waals surface area (Å²) in [7, 11) is 0. The molecule has 104 valence electrons. The minimum atomic E-state index is -0.583. The van der Waals surface area contributed by atoms with Gasteiger partial charge in [0.15, 0.2) is 0 Å². The fraction of sp³-hybridized carbons (Fsp3) is 0.417. The maximum absolute atomic E-state index is 11.5. The third-order valence-corrected chi connectivity index (χ3v) is 2.43. The van der Waals surface area contributed by atoms with E-state index in [0.717, 1.165) is 6.42 Å². The van der Waals surface area contributed by atoms with Gasteiger partial charge in [-0.1, -0.05) is 19.4 Å². The highest BCUT2D eigenvalue weighted by atomic mass is 16.6. The van der Waals surface area contributed by atoms with Crippen molar-refractivity contribution in [2.45, 2.75) is 25.9 Å². The van der Waals surface area contributed by atoms with Crippen molar-refractivity contribution < 1.29 is 14.8 Å². The Morgan fingerprint density at radius 2 is 2.26 bits per heavy atom. The van der Waals surface area contributed by atoms with Crippen LogP contribution < -0.4 is 10.6 Å². The van der Waals surface area contributed by atoms with Crippen molar-refractivity contribution in [2.75, 3.05) is 11.9 Å². The van der Waals surface area contributed by atoms with Gasteiger partial charge in [0.05, 0.1) is 11.0 Å². The molecular formula is C12H17N3O4.